The van der Waals surface area contributed by atoms with Crippen LogP contribution < -0.4 is 26.6 Å². The first-order valence-electron chi connectivity index (χ1n) is 11.3. The molecule has 1 aliphatic rings. The molecule has 0 radical (unpaired) electrons. The lowest BCUT2D eigenvalue weighted by molar-refractivity contribution is 0.0946. The molecule has 1 atom stereocenters. The van der Waals surface area contributed by atoms with Crippen molar-refractivity contribution >= 4 is 40.8 Å². The predicted molar refractivity (Wildman–Crippen MR) is 132 cm³/mol. The van der Waals surface area contributed by atoms with E-state index in [1.165, 1.54) is 13.3 Å². The average molecular weight is 480 g/mol. The van der Waals surface area contributed by atoms with E-state index in [-0.39, 0.29) is 23.5 Å². The van der Waals surface area contributed by atoms with Gasteiger partial charge >= 0.3 is 6.09 Å². The second-order valence-electron chi connectivity index (χ2n) is 8.29. The molecule has 0 unspecified atom stereocenters. The molecule has 0 saturated carbocycles. The van der Waals surface area contributed by atoms with Gasteiger partial charge in [-0.1, -0.05) is 6.07 Å². The van der Waals surface area contributed by atoms with Gasteiger partial charge < -0.3 is 26.0 Å². The summed E-state index contributed by atoms with van der Waals surface area (Å²) in [6.07, 6.45) is 3.01. The van der Waals surface area contributed by atoms with Crippen LogP contribution in [0.25, 0.3) is 0 Å². The number of aromatic nitrogens is 4. The molecule has 6 N–H and O–H groups in total. The number of nitrogens with one attached hydrogen (secondary N) is 6. The first-order chi connectivity index (χ1) is 16.9. The molecule has 1 aromatic carbocycles. The number of ether oxygens (including phenoxy) is 1. The molecule has 12 heteroatoms. The number of aryl methyl sites for hydroxylation is 2. The van der Waals surface area contributed by atoms with Crippen LogP contribution in [0.5, 0.6) is 0 Å². The molecule has 2 aromatic heterocycles. The van der Waals surface area contributed by atoms with Crippen LogP contribution in [0, 0.1) is 13.8 Å². The van der Waals surface area contributed by atoms with Crippen molar-refractivity contribution < 1.29 is 14.3 Å². The zero-order valence-electron chi connectivity index (χ0n) is 19.9. The molecule has 184 valence electrons. The molecular formula is C23H29N9O3. The fourth-order valence-corrected chi connectivity index (χ4v) is 3.68. The first-order valence-corrected chi connectivity index (χ1v) is 11.3. The number of rotatable bonds is 8. The smallest absolute Gasteiger partial charge is 0.411 e. The van der Waals surface area contributed by atoms with Crippen LogP contribution in [-0.4, -0.2) is 58.4 Å². The summed E-state index contributed by atoms with van der Waals surface area (Å²) < 4.78 is 4.69. The van der Waals surface area contributed by atoms with Gasteiger partial charge in [0.2, 0.25) is 0 Å². The standard InChI is InChI=1S/C23H29N9O3/c1-13-6-7-15(10-17(13)28-23(34)35-3)27-21-20(22(33)26-11-16-5-4-8-24-16)25-12-19(30-21)29-18-9-14(2)31-32-18/h6-7,9-10,12,16,24H,4-5,8,11H2,1-3H3,(H,26,33)(H,28,34)(H3,27,29,30,31,32)/t16-/m1/s1. The highest BCUT2D eigenvalue weighted by Crippen LogP contribution is 2.25. The highest BCUT2D eigenvalue weighted by atomic mass is 16.5. The largest absolute Gasteiger partial charge is 0.453 e. The lowest BCUT2D eigenvalue weighted by atomic mass is 10.1. The van der Waals surface area contributed by atoms with E-state index in [9.17, 15) is 9.59 Å². The number of benzene rings is 1. The van der Waals surface area contributed by atoms with Crippen LogP contribution in [0.4, 0.5) is 33.6 Å². The van der Waals surface area contributed by atoms with Crippen molar-refractivity contribution in [3.8, 4) is 0 Å². The average Bonchev–Trinajstić information content (AvgIpc) is 3.51. The third kappa shape index (κ3) is 6.23. The lowest BCUT2D eigenvalue weighted by Gasteiger charge is -2.15. The summed E-state index contributed by atoms with van der Waals surface area (Å²) in [4.78, 5) is 33.6. The Labute approximate surface area is 202 Å². The molecular weight excluding hydrogens is 450 g/mol. The Morgan fingerprint density at radius 2 is 2.03 bits per heavy atom. The molecule has 0 bridgehead atoms. The highest BCUT2D eigenvalue weighted by Gasteiger charge is 2.20. The van der Waals surface area contributed by atoms with Crippen molar-refractivity contribution in [2.45, 2.75) is 32.7 Å². The van der Waals surface area contributed by atoms with Gasteiger partial charge in [0.1, 0.15) is 0 Å². The van der Waals surface area contributed by atoms with Crippen molar-refractivity contribution in [3.05, 3.63) is 47.4 Å². The summed E-state index contributed by atoms with van der Waals surface area (Å²) in [5.41, 5.74) is 3.05. The Bertz CT molecular complexity index is 1200. The van der Waals surface area contributed by atoms with E-state index in [4.69, 9.17) is 4.74 Å². The Kier molecular flexibility index (Phi) is 7.41. The minimum Gasteiger partial charge on any atom is -0.453 e. The molecule has 12 nitrogen and oxygen atoms in total. The van der Waals surface area contributed by atoms with Gasteiger partial charge in [-0.3, -0.25) is 15.2 Å². The summed E-state index contributed by atoms with van der Waals surface area (Å²) in [6.45, 7) is 5.21. The van der Waals surface area contributed by atoms with Gasteiger partial charge in [-0.15, -0.1) is 0 Å². The van der Waals surface area contributed by atoms with Crippen LogP contribution in [0.1, 0.15) is 34.6 Å². The second kappa shape index (κ2) is 10.8. The van der Waals surface area contributed by atoms with Crippen molar-refractivity contribution in [1.29, 1.82) is 0 Å². The zero-order valence-corrected chi connectivity index (χ0v) is 19.9. The number of hydrogen-bond donors (Lipinski definition) is 6. The van der Waals surface area contributed by atoms with E-state index in [2.05, 4.69) is 46.7 Å². The third-order valence-electron chi connectivity index (χ3n) is 5.54. The van der Waals surface area contributed by atoms with Gasteiger partial charge in [0.05, 0.1) is 13.3 Å². The molecule has 1 saturated heterocycles. The zero-order chi connectivity index (χ0) is 24.8. The second-order valence-corrected chi connectivity index (χ2v) is 8.29. The number of aromatic amines is 1. The van der Waals surface area contributed by atoms with Crippen molar-refractivity contribution in [2.75, 3.05) is 36.1 Å². The minimum atomic E-state index is -0.578. The number of H-pyrrole nitrogens is 1. The fraction of sp³-hybridized carbons (Fsp3) is 0.348. The van der Waals surface area contributed by atoms with Crippen LogP contribution in [0.2, 0.25) is 0 Å². The van der Waals surface area contributed by atoms with E-state index in [0.717, 1.165) is 30.6 Å². The van der Waals surface area contributed by atoms with Gasteiger partial charge in [-0.2, -0.15) is 5.10 Å². The highest BCUT2D eigenvalue weighted by molar-refractivity contribution is 5.98. The molecule has 1 aliphatic heterocycles. The quantitative estimate of drug-likeness (QED) is 0.286. The molecule has 0 spiro atoms. The minimum absolute atomic E-state index is 0.148. The van der Waals surface area contributed by atoms with Gasteiger partial charge in [-0.05, 0) is 50.9 Å². The van der Waals surface area contributed by atoms with Gasteiger partial charge in [0.15, 0.2) is 23.1 Å². The topological polar surface area (TPSA) is 158 Å². The molecule has 1 fully saturated rings. The monoisotopic (exact) mass is 479 g/mol. The van der Waals surface area contributed by atoms with Crippen LogP contribution in [0.3, 0.4) is 0 Å². The van der Waals surface area contributed by atoms with Crippen molar-refractivity contribution in [2.24, 2.45) is 0 Å². The van der Waals surface area contributed by atoms with Gasteiger partial charge in [-0.25, -0.2) is 14.8 Å². The SMILES string of the molecule is COC(=O)Nc1cc(Nc2nc(Nc3cc(C)[nH]n3)cnc2C(=O)NC[C@H]2CCCN2)ccc1C. The Hall–Kier alpha value is -4.19. The molecule has 2 amide bonds. The number of methoxy groups -OCH3 is 1. The van der Waals surface area contributed by atoms with Crippen LogP contribution >= 0.6 is 0 Å². The van der Waals surface area contributed by atoms with E-state index in [0.29, 0.717) is 29.6 Å². The Morgan fingerprint density at radius 1 is 1.17 bits per heavy atom. The fourth-order valence-electron chi connectivity index (χ4n) is 3.68. The van der Waals surface area contributed by atoms with Crippen LogP contribution in [0.15, 0.2) is 30.5 Å². The molecule has 4 rings (SSSR count). The summed E-state index contributed by atoms with van der Waals surface area (Å²) in [6, 6.07) is 7.46. The molecule has 35 heavy (non-hydrogen) atoms. The maximum Gasteiger partial charge on any atom is 0.411 e. The number of nitrogens with zero attached hydrogens (tertiary/aromatic N) is 3. The van der Waals surface area contributed by atoms with E-state index in [1.807, 2.05) is 32.0 Å². The molecule has 3 heterocycles. The van der Waals surface area contributed by atoms with Crippen molar-refractivity contribution in [3.63, 3.8) is 0 Å². The molecule has 3 aromatic rings. The van der Waals surface area contributed by atoms with Gasteiger partial charge in [0.25, 0.3) is 5.91 Å². The number of amides is 2. The lowest BCUT2D eigenvalue weighted by Crippen LogP contribution is -2.37. The normalized spacial score (nSPS) is 14.9. The van der Waals surface area contributed by atoms with Crippen molar-refractivity contribution in [1.82, 2.24) is 30.8 Å². The Balaban J connectivity index is 1.59. The Morgan fingerprint density at radius 3 is 2.74 bits per heavy atom. The van der Waals surface area contributed by atoms with Crippen LogP contribution in [-0.2, 0) is 4.74 Å². The van der Waals surface area contributed by atoms with E-state index < -0.39 is 6.09 Å². The number of hydrogen-bond acceptors (Lipinski definition) is 9. The summed E-state index contributed by atoms with van der Waals surface area (Å²) in [5.74, 6) is 0.906. The maximum absolute atomic E-state index is 13.0. The summed E-state index contributed by atoms with van der Waals surface area (Å²) in [7, 11) is 1.30. The first kappa shape index (κ1) is 24.0. The predicted octanol–water partition coefficient (Wildman–Crippen LogP) is 2.96. The van der Waals surface area contributed by atoms with Gasteiger partial charge in [0, 0.05) is 35.7 Å². The number of anilines is 5. The van der Waals surface area contributed by atoms with E-state index >= 15 is 0 Å². The van der Waals surface area contributed by atoms with E-state index in [1.54, 1.807) is 6.07 Å². The number of carbonyl (C=O) groups is 2. The molecule has 0 aliphatic carbocycles. The number of carbonyl (C=O) groups excluding carboxylic acids is 2. The summed E-state index contributed by atoms with van der Waals surface area (Å²) in [5, 5.41) is 22.2. The third-order valence-corrected chi connectivity index (χ3v) is 5.54. The summed E-state index contributed by atoms with van der Waals surface area (Å²) >= 11 is 0. The maximum atomic E-state index is 13.0.